The normalized spacial score (nSPS) is 19.8. The topological polar surface area (TPSA) is 128 Å². The number of benzene rings is 1. The SMILES string of the molecule is COc1cc(C2C(C(=O)OCC(C)C)=C(C)NC3=C2C(=O)CC(c2cccs2)C3)cc([N+](=O)[O-])c1O. The largest absolute Gasteiger partial charge is 0.500 e. The van der Waals surface area contributed by atoms with Crippen molar-refractivity contribution >= 4 is 28.8 Å². The molecule has 0 saturated carbocycles. The highest BCUT2D eigenvalue weighted by Gasteiger charge is 2.42. The van der Waals surface area contributed by atoms with Crippen LogP contribution in [-0.2, 0) is 14.3 Å². The third-order valence-electron chi connectivity index (χ3n) is 6.37. The number of phenols is 1. The molecular weight excluding hydrogens is 484 g/mol. The molecule has 1 aliphatic carbocycles. The smallest absolute Gasteiger partial charge is 0.336 e. The van der Waals surface area contributed by atoms with Crippen molar-refractivity contribution in [1.82, 2.24) is 5.32 Å². The van der Waals surface area contributed by atoms with Crippen molar-refractivity contribution in [2.24, 2.45) is 5.92 Å². The first kappa shape index (κ1) is 25.4. The number of carbonyl (C=O) groups excluding carboxylic acids is 2. The molecular formula is C26H28N2O7S. The van der Waals surface area contributed by atoms with Gasteiger partial charge in [-0.15, -0.1) is 11.3 Å². The van der Waals surface area contributed by atoms with Crippen molar-refractivity contribution in [1.29, 1.82) is 0 Å². The number of carbonyl (C=O) groups is 2. The molecule has 0 bridgehead atoms. The predicted octanol–water partition coefficient (Wildman–Crippen LogP) is 4.93. The van der Waals surface area contributed by atoms with Crippen molar-refractivity contribution < 1.29 is 29.1 Å². The third-order valence-corrected chi connectivity index (χ3v) is 7.40. The molecule has 2 aromatic rings. The molecule has 1 aliphatic heterocycles. The van der Waals surface area contributed by atoms with Crippen LogP contribution in [0.1, 0.15) is 55.9 Å². The molecule has 0 saturated heterocycles. The van der Waals surface area contributed by atoms with Crippen molar-refractivity contribution in [2.45, 2.75) is 45.4 Å². The number of phenolic OH excluding ortho intramolecular Hbond substituents is 1. The zero-order chi connectivity index (χ0) is 26.1. The number of ether oxygens (including phenoxy) is 2. The number of aromatic hydroxyl groups is 1. The molecule has 10 heteroatoms. The zero-order valence-electron chi connectivity index (χ0n) is 20.5. The standard InChI is InChI=1S/C26H28N2O7S/c1-13(2)12-35-26(31)22-14(3)27-17-8-15(21-6-5-7-36-21)10-19(29)24(17)23(22)16-9-18(28(32)33)25(30)20(11-16)34-4/h5-7,9,11,13,15,23,27,30H,8,10,12H2,1-4H3. The summed E-state index contributed by atoms with van der Waals surface area (Å²) >= 11 is 1.59. The molecule has 36 heavy (non-hydrogen) atoms. The Balaban J connectivity index is 1.88. The van der Waals surface area contributed by atoms with Gasteiger partial charge in [-0.25, -0.2) is 4.79 Å². The number of dihydropyridines is 1. The number of Topliss-reactive ketones (excluding diaryl/α,β-unsaturated/α-hetero) is 1. The molecule has 2 N–H and O–H groups in total. The highest BCUT2D eigenvalue weighted by atomic mass is 32.1. The number of nitro groups is 1. The Labute approximate surface area is 212 Å². The number of ketones is 1. The maximum Gasteiger partial charge on any atom is 0.336 e. The summed E-state index contributed by atoms with van der Waals surface area (Å²) in [6, 6.07) is 6.58. The molecule has 4 rings (SSSR count). The molecule has 1 aromatic heterocycles. The number of nitrogens with one attached hydrogen (secondary N) is 1. The van der Waals surface area contributed by atoms with Gasteiger partial charge >= 0.3 is 11.7 Å². The number of hydrogen-bond donors (Lipinski definition) is 2. The van der Waals surface area contributed by atoms with Gasteiger partial charge in [0, 0.05) is 46.2 Å². The molecule has 0 fully saturated rings. The van der Waals surface area contributed by atoms with E-state index in [2.05, 4.69) is 5.32 Å². The summed E-state index contributed by atoms with van der Waals surface area (Å²) in [5.74, 6) is -2.31. The summed E-state index contributed by atoms with van der Waals surface area (Å²) in [6.45, 7) is 5.74. The molecule has 2 unspecified atom stereocenters. The van der Waals surface area contributed by atoms with Gasteiger partial charge in [0.1, 0.15) is 0 Å². The van der Waals surface area contributed by atoms with Crippen LogP contribution in [0.3, 0.4) is 0 Å². The number of methoxy groups -OCH3 is 1. The Hall–Kier alpha value is -3.66. The molecule has 190 valence electrons. The van der Waals surface area contributed by atoms with E-state index >= 15 is 0 Å². The summed E-state index contributed by atoms with van der Waals surface area (Å²) in [6.07, 6.45) is 0.809. The number of hydrogen-bond acceptors (Lipinski definition) is 9. The van der Waals surface area contributed by atoms with Crippen LogP contribution in [0.2, 0.25) is 0 Å². The lowest BCUT2D eigenvalue weighted by Gasteiger charge is -2.36. The second kappa shape index (κ2) is 10.1. The Bertz CT molecular complexity index is 1280. The van der Waals surface area contributed by atoms with E-state index in [9.17, 15) is 24.8 Å². The molecule has 2 heterocycles. The number of thiophene rings is 1. The van der Waals surface area contributed by atoms with Gasteiger partial charge in [0.15, 0.2) is 11.5 Å². The number of allylic oxidation sites excluding steroid dienone is 3. The Morgan fingerprint density at radius 2 is 2.08 bits per heavy atom. The van der Waals surface area contributed by atoms with E-state index < -0.39 is 28.2 Å². The van der Waals surface area contributed by atoms with Crippen LogP contribution in [0, 0.1) is 16.0 Å². The van der Waals surface area contributed by atoms with Gasteiger partial charge < -0.3 is 19.9 Å². The van der Waals surface area contributed by atoms with Crippen LogP contribution in [-0.4, -0.2) is 35.5 Å². The number of nitrogens with zero attached hydrogens (tertiary/aromatic N) is 1. The molecule has 1 aromatic carbocycles. The van der Waals surface area contributed by atoms with Crippen molar-refractivity contribution in [3.63, 3.8) is 0 Å². The molecule has 0 amide bonds. The van der Waals surface area contributed by atoms with Gasteiger partial charge in [-0.2, -0.15) is 0 Å². The van der Waals surface area contributed by atoms with Crippen LogP contribution in [0.15, 0.2) is 52.2 Å². The molecule has 2 atom stereocenters. The lowest BCUT2D eigenvalue weighted by atomic mass is 9.72. The maximum absolute atomic E-state index is 13.6. The average molecular weight is 513 g/mol. The minimum atomic E-state index is -0.911. The Morgan fingerprint density at radius 1 is 1.33 bits per heavy atom. The van der Waals surface area contributed by atoms with Crippen molar-refractivity contribution in [3.8, 4) is 11.5 Å². The predicted molar refractivity (Wildman–Crippen MR) is 134 cm³/mol. The summed E-state index contributed by atoms with van der Waals surface area (Å²) < 4.78 is 10.7. The summed E-state index contributed by atoms with van der Waals surface area (Å²) in [7, 11) is 1.28. The van der Waals surface area contributed by atoms with Crippen molar-refractivity contribution in [2.75, 3.05) is 13.7 Å². The van der Waals surface area contributed by atoms with Gasteiger partial charge in [-0.3, -0.25) is 14.9 Å². The Morgan fingerprint density at radius 3 is 2.69 bits per heavy atom. The van der Waals surface area contributed by atoms with E-state index in [0.29, 0.717) is 29.0 Å². The molecule has 0 spiro atoms. The number of nitro benzene ring substituents is 1. The molecule has 0 radical (unpaired) electrons. The molecule has 9 nitrogen and oxygen atoms in total. The minimum absolute atomic E-state index is 0.00432. The Kier molecular flexibility index (Phi) is 7.16. The van der Waals surface area contributed by atoms with E-state index in [1.165, 1.54) is 19.2 Å². The lowest BCUT2D eigenvalue weighted by molar-refractivity contribution is -0.386. The van der Waals surface area contributed by atoms with Gasteiger partial charge in [0.25, 0.3) is 0 Å². The highest BCUT2D eigenvalue weighted by Crippen LogP contribution is 2.49. The van der Waals surface area contributed by atoms with E-state index in [4.69, 9.17) is 9.47 Å². The first-order valence-electron chi connectivity index (χ1n) is 11.6. The second-order valence-corrected chi connectivity index (χ2v) is 10.4. The summed E-state index contributed by atoms with van der Waals surface area (Å²) in [5.41, 5.74) is 1.51. The zero-order valence-corrected chi connectivity index (χ0v) is 21.3. The van der Waals surface area contributed by atoms with E-state index in [-0.39, 0.29) is 42.0 Å². The van der Waals surface area contributed by atoms with Crippen LogP contribution in [0.4, 0.5) is 5.69 Å². The summed E-state index contributed by atoms with van der Waals surface area (Å²) in [4.78, 5) is 39.0. The van der Waals surface area contributed by atoms with Gasteiger partial charge in [-0.05, 0) is 42.3 Å². The highest BCUT2D eigenvalue weighted by molar-refractivity contribution is 7.10. The fraction of sp³-hybridized carbons (Fsp3) is 0.385. The number of esters is 1. The first-order chi connectivity index (χ1) is 17.1. The fourth-order valence-corrected chi connectivity index (χ4v) is 5.59. The van der Waals surface area contributed by atoms with Gasteiger partial charge in [0.2, 0.25) is 5.75 Å². The second-order valence-electron chi connectivity index (χ2n) is 9.37. The van der Waals surface area contributed by atoms with Crippen molar-refractivity contribution in [3.05, 3.63) is 72.7 Å². The van der Waals surface area contributed by atoms with Gasteiger partial charge in [-0.1, -0.05) is 19.9 Å². The van der Waals surface area contributed by atoms with E-state index in [0.717, 1.165) is 4.88 Å². The van der Waals surface area contributed by atoms with Crippen LogP contribution >= 0.6 is 11.3 Å². The van der Waals surface area contributed by atoms with Crippen LogP contribution in [0.5, 0.6) is 11.5 Å². The van der Waals surface area contributed by atoms with Gasteiger partial charge in [0.05, 0.1) is 24.2 Å². The molecule has 2 aliphatic rings. The number of rotatable bonds is 7. The monoisotopic (exact) mass is 512 g/mol. The first-order valence-corrected chi connectivity index (χ1v) is 12.5. The lowest BCUT2D eigenvalue weighted by Crippen LogP contribution is -2.36. The quantitative estimate of drug-likeness (QED) is 0.304. The average Bonchev–Trinajstić information content (AvgIpc) is 3.36. The fourth-order valence-electron chi connectivity index (χ4n) is 4.76. The van der Waals surface area contributed by atoms with Crippen LogP contribution in [0.25, 0.3) is 0 Å². The third kappa shape index (κ3) is 4.73. The van der Waals surface area contributed by atoms with E-state index in [1.54, 1.807) is 18.3 Å². The summed E-state index contributed by atoms with van der Waals surface area (Å²) in [5, 5.41) is 27.3. The minimum Gasteiger partial charge on any atom is -0.500 e. The maximum atomic E-state index is 13.6. The van der Waals surface area contributed by atoms with Crippen LogP contribution < -0.4 is 10.1 Å². The van der Waals surface area contributed by atoms with E-state index in [1.807, 2.05) is 31.4 Å².